The highest BCUT2D eigenvalue weighted by Gasteiger charge is 2.21. The minimum absolute atomic E-state index is 0.0427. The Hall–Kier alpha value is -1.45. The molecule has 2 aromatic rings. The number of carboxylic acid groups (broad SMARTS) is 1. The molecule has 0 radical (unpaired) electrons. The maximum Gasteiger partial charge on any atom is 0.335 e. The molecule has 5 nitrogen and oxygen atoms in total. The van der Waals surface area contributed by atoms with Gasteiger partial charge in [-0.15, -0.1) is 11.3 Å². The number of aryl methyl sites for hydroxylation is 1. The summed E-state index contributed by atoms with van der Waals surface area (Å²) in [6.07, 6.45) is 0. The van der Waals surface area contributed by atoms with Crippen LogP contribution in [0.2, 0.25) is 0 Å². The molecule has 2 N–H and O–H groups in total. The van der Waals surface area contributed by atoms with E-state index < -0.39 is 21.8 Å². The van der Waals surface area contributed by atoms with Crippen LogP contribution in [0.1, 0.15) is 15.2 Å². The summed E-state index contributed by atoms with van der Waals surface area (Å²) >= 11 is 4.43. The lowest BCUT2D eigenvalue weighted by molar-refractivity contribution is 0.0696. The highest BCUT2D eigenvalue weighted by atomic mass is 79.9. The van der Waals surface area contributed by atoms with Crippen LogP contribution in [0.3, 0.4) is 0 Å². The molecule has 1 aromatic carbocycles. The first-order valence-corrected chi connectivity index (χ1v) is 8.61. The predicted octanol–water partition coefficient (Wildman–Crippen LogP) is 3.46. The quantitative estimate of drug-likeness (QED) is 0.832. The molecule has 0 saturated carbocycles. The maximum absolute atomic E-state index is 13.8. The molecule has 0 aliphatic rings. The average Bonchev–Trinajstić information content (AvgIpc) is 2.71. The summed E-state index contributed by atoms with van der Waals surface area (Å²) < 4.78 is 40.9. The SMILES string of the molecule is Cc1sc(Br)cc1S(=O)(=O)Nc1ccc(C(=O)O)cc1F. The number of sulfonamides is 1. The van der Waals surface area contributed by atoms with Crippen LogP contribution in [0.25, 0.3) is 0 Å². The van der Waals surface area contributed by atoms with E-state index in [1.54, 1.807) is 6.92 Å². The van der Waals surface area contributed by atoms with Gasteiger partial charge >= 0.3 is 5.97 Å². The van der Waals surface area contributed by atoms with Crippen LogP contribution in [0, 0.1) is 12.7 Å². The highest BCUT2D eigenvalue weighted by molar-refractivity contribution is 9.11. The standard InChI is InChI=1S/C12H9BrFNO4S2/c1-6-10(5-11(13)20-6)21(18,19)15-9-3-2-7(12(16)17)4-8(9)14/h2-5,15H,1H3,(H,16,17). The number of aromatic carboxylic acids is 1. The van der Waals surface area contributed by atoms with Crippen molar-refractivity contribution in [2.45, 2.75) is 11.8 Å². The Kier molecular flexibility index (Phi) is 4.35. The molecule has 9 heteroatoms. The van der Waals surface area contributed by atoms with E-state index in [0.29, 0.717) is 8.66 Å². The normalized spacial score (nSPS) is 11.4. The number of thiophene rings is 1. The summed E-state index contributed by atoms with van der Waals surface area (Å²) in [5, 5.41) is 8.74. The van der Waals surface area contributed by atoms with Crippen LogP contribution in [-0.4, -0.2) is 19.5 Å². The van der Waals surface area contributed by atoms with Gasteiger partial charge in [-0.05, 0) is 47.1 Å². The van der Waals surface area contributed by atoms with Gasteiger partial charge in [-0.1, -0.05) is 0 Å². The third-order valence-electron chi connectivity index (χ3n) is 2.59. The molecule has 0 aliphatic heterocycles. The Balaban J connectivity index is 2.37. The first kappa shape index (κ1) is 15.9. The van der Waals surface area contributed by atoms with Gasteiger partial charge in [0, 0.05) is 4.88 Å². The smallest absolute Gasteiger partial charge is 0.335 e. The van der Waals surface area contributed by atoms with Crippen LogP contribution in [-0.2, 0) is 10.0 Å². The van der Waals surface area contributed by atoms with Crippen molar-refractivity contribution in [1.29, 1.82) is 0 Å². The van der Waals surface area contributed by atoms with Crippen molar-refractivity contribution in [3.05, 3.63) is 44.3 Å². The highest BCUT2D eigenvalue weighted by Crippen LogP contribution is 2.31. The van der Waals surface area contributed by atoms with Crippen molar-refractivity contribution in [2.75, 3.05) is 4.72 Å². The van der Waals surface area contributed by atoms with Gasteiger partial charge < -0.3 is 5.11 Å². The van der Waals surface area contributed by atoms with Gasteiger partial charge in [0.15, 0.2) is 0 Å². The van der Waals surface area contributed by atoms with Gasteiger partial charge in [0.2, 0.25) is 0 Å². The van der Waals surface area contributed by atoms with E-state index in [1.165, 1.54) is 17.4 Å². The molecule has 0 spiro atoms. The van der Waals surface area contributed by atoms with Gasteiger partial charge in [0.1, 0.15) is 10.7 Å². The van der Waals surface area contributed by atoms with Crippen molar-refractivity contribution in [3.63, 3.8) is 0 Å². The van der Waals surface area contributed by atoms with E-state index in [2.05, 4.69) is 20.7 Å². The Morgan fingerprint density at radius 3 is 2.52 bits per heavy atom. The number of anilines is 1. The van der Waals surface area contributed by atoms with Gasteiger partial charge in [-0.25, -0.2) is 17.6 Å². The summed E-state index contributed by atoms with van der Waals surface area (Å²) in [7, 11) is -3.94. The molecule has 0 fully saturated rings. The first-order chi connectivity index (χ1) is 9.70. The summed E-state index contributed by atoms with van der Waals surface area (Å²) in [5.41, 5.74) is -0.563. The van der Waals surface area contributed by atoms with Crippen molar-refractivity contribution in [1.82, 2.24) is 0 Å². The molecule has 21 heavy (non-hydrogen) atoms. The predicted molar refractivity (Wildman–Crippen MR) is 80.9 cm³/mol. The zero-order valence-corrected chi connectivity index (χ0v) is 13.8. The second-order valence-corrected chi connectivity index (χ2v) is 8.36. The Morgan fingerprint density at radius 1 is 1.38 bits per heavy atom. The number of carbonyl (C=O) groups is 1. The van der Waals surface area contributed by atoms with Crippen LogP contribution < -0.4 is 4.72 Å². The van der Waals surface area contributed by atoms with Gasteiger partial charge in [-0.2, -0.15) is 0 Å². The number of nitrogens with one attached hydrogen (secondary N) is 1. The lowest BCUT2D eigenvalue weighted by Gasteiger charge is -2.09. The lowest BCUT2D eigenvalue weighted by Crippen LogP contribution is -2.14. The summed E-state index contributed by atoms with van der Waals surface area (Å²) in [4.78, 5) is 11.3. The van der Waals surface area contributed by atoms with Gasteiger partial charge in [0.05, 0.1) is 15.0 Å². The van der Waals surface area contributed by atoms with Crippen LogP contribution in [0.4, 0.5) is 10.1 Å². The number of halogens is 2. The minimum Gasteiger partial charge on any atom is -0.478 e. The molecule has 0 amide bonds. The molecule has 1 heterocycles. The minimum atomic E-state index is -3.94. The Bertz CT molecular complexity index is 817. The van der Waals surface area contributed by atoms with Crippen molar-refractivity contribution in [2.24, 2.45) is 0 Å². The molecule has 0 bridgehead atoms. The number of benzene rings is 1. The summed E-state index contributed by atoms with van der Waals surface area (Å²) in [6, 6.07) is 4.38. The molecular weight excluding hydrogens is 385 g/mol. The van der Waals surface area contributed by atoms with E-state index in [1.807, 2.05) is 0 Å². The number of carboxylic acids is 1. The monoisotopic (exact) mass is 393 g/mol. The van der Waals surface area contributed by atoms with E-state index >= 15 is 0 Å². The van der Waals surface area contributed by atoms with Crippen LogP contribution in [0.5, 0.6) is 0 Å². The zero-order valence-electron chi connectivity index (χ0n) is 10.6. The zero-order chi connectivity index (χ0) is 15.8. The molecular formula is C12H9BrFNO4S2. The average molecular weight is 394 g/mol. The van der Waals surface area contributed by atoms with Crippen LogP contribution in [0.15, 0.2) is 32.9 Å². The summed E-state index contributed by atoms with van der Waals surface area (Å²) in [5.74, 6) is -2.24. The molecule has 2 rings (SSSR count). The Morgan fingerprint density at radius 2 is 2.05 bits per heavy atom. The fourth-order valence-electron chi connectivity index (χ4n) is 1.63. The van der Waals surface area contributed by atoms with Crippen molar-refractivity contribution < 1.29 is 22.7 Å². The van der Waals surface area contributed by atoms with E-state index in [0.717, 1.165) is 18.2 Å². The molecule has 0 atom stereocenters. The number of rotatable bonds is 4. The van der Waals surface area contributed by atoms with Crippen molar-refractivity contribution in [3.8, 4) is 0 Å². The molecule has 0 unspecified atom stereocenters. The van der Waals surface area contributed by atoms with E-state index in [4.69, 9.17) is 5.11 Å². The Labute approximate surface area is 132 Å². The molecule has 112 valence electrons. The second kappa shape index (κ2) is 5.74. The largest absolute Gasteiger partial charge is 0.478 e. The number of hydrogen-bond donors (Lipinski definition) is 2. The lowest BCUT2D eigenvalue weighted by atomic mass is 10.2. The van der Waals surface area contributed by atoms with Gasteiger partial charge in [0.25, 0.3) is 10.0 Å². The van der Waals surface area contributed by atoms with E-state index in [-0.39, 0.29) is 16.1 Å². The van der Waals surface area contributed by atoms with Gasteiger partial charge in [-0.3, -0.25) is 4.72 Å². The third kappa shape index (κ3) is 3.42. The first-order valence-electron chi connectivity index (χ1n) is 5.52. The third-order valence-corrected chi connectivity index (χ3v) is 5.77. The number of hydrogen-bond acceptors (Lipinski definition) is 4. The molecule has 1 aromatic heterocycles. The van der Waals surface area contributed by atoms with E-state index in [9.17, 15) is 17.6 Å². The fourth-order valence-corrected chi connectivity index (χ4v) is 5.11. The molecule has 0 aliphatic carbocycles. The molecule has 0 saturated heterocycles. The topological polar surface area (TPSA) is 83.5 Å². The second-order valence-electron chi connectivity index (χ2n) is 4.08. The summed E-state index contributed by atoms with van der Waals surface area (Å²) in [6.45, 7) is 1.63. The van der Waals surface area contributed by atoms with Crippen LogP contribution >= 0.6 is 27.3 Å². The fraction of sp³-hybridized carbons (Fsp3) is 0.0833. The maximum atomic E-state index is 13.8. The van der Waals surface area contributed by atoms with Crippen molar-refractivity contribution >= 4 is 48.9 Å².